The first-order valence-corrected chi connectivity index (χ1v) is 11.4. The number of hydrogen-bond donors (Lipinski definition) is 3. The first-order valence-electron chi connectivity index (χ1n) is 11.4. The van der Waals surface area contributed by atoms with E-state index in [0.717, 1.165) is 41.1 Å². The second kappa shape index (κ2) is 12.3. The Balaban J connectivity index is 0.000000303. The van der Waals surface area contributed by atoms with Gasteiger partial charge >= 0.3 is 0 Å². The first kappa shape index (κ1) is 26.8. The highest BCUT2D eigenvalue weighted by Crippen LogP contribution is 2.32. The zero-order valence-electron chi connectivity index (χ0n) is 20.0. The molecule has 0 fully saturated rings. The maximum Gasteiger partial charge on any atom is 0.168 e. The molecular weight excluding hydrogens is 470 g/mol. The molecule has 8 nitrogen and oxygen atoms in total. The summed E-state index contributed by atoms with van der Waals surface area (Å²) in [6.07, 6.45) is 5.28. The first-order chi connectivity index (χ1) is 17.4. The van der Waals surface area contributed by atoms with E-state index in [1.54, 1.807) is 19.4 Å². The summed E-state index contributed by atoms with van der Waals surface area (Å²) in [5, 5.41) is 26.0. The van der Waals surface area contributed by atoms with Crippen LogP contribution in [0.1, 0.15) is 41.3 Å². The van der Waals surface area contributed by atoms with E-state index < -0.39 is 22.8 Å². The van der Waals surface area contributed by atoms with E-state index in [9.17, 15) is 23.8 Å². The van der Waals surface area contributed by atoms with Crippen LogP contribution in [0.15, 0.2) is 53.9 Å². The molecule has 0 amide bonds. The van der Waals surface area contributed by atoms with E-state index in [1.807, 2.05) is 12.1 Å². The van der Waals surface area contributed by atoms with Crippen LogP contribution in [0, 0.1) is 11.6 Å². The summed E-state index contributed by atoms with van der Waals surface area (Å²) in [5.74, 6) is -0.932. The van der Waals surface area contributed by atoms with Crippen LogP contribution in [0.3, 0.4) is 0 Å². The highest BCUT2D eigenvalue weighted by molar-refractivity contribution is 6.02. The van der Waals surface area contributed by atoms with Crippen molar-refractivity contribution in [1.29, 1.82) is 0 Å². The highest BCUT2D eigenvalue weighted by atomic mass is 19.1. The zero-order chi connectivity index (χ0) is 26.1. The number of carbonyl (C=O) groups excluding carboxylic acids is 1. The molecule has 0 saturated heterocycles. The van der Waals surface area contributed by atoms with Crippen LogP contribution in [-0.4, -0.2) is 58.0 Å². The van der Waals surface area contributed by atoms with Gasteiger partial charge in [-0.25, -0.2) is 13.8 Å². The standard InChI is InChI=1S/C19H24N4O3.C7H4F2O/c1-3-13-4-5-14(16-9-19(12-25,6-7-24)26-23-16)8-15(13)17-10-22-18(20-2)11-21-17;8-6-2-1-3-7(9)5(6)4-10/h4-5,8,10-11,24-25H,3,6-7,9,12H2,1-2H3,(H,20,22);1-4H. The molecule has 1 aromatic heterocycles. The van der Waals surface area contributed by atoms with Gasteiger partial charge in [0.1, 0.15) is 17.5 Å². The minimum Gasteiger partial charge on any atom is -0.396 e. The maximum atomic E-state index is 12.4. The van der Waals surface area contributed by atoms with E-state index >= 15 is 0 Å². The number of nitrogens with one attached hydrogen (secondary N) is 1. The number of oxime groups is 1. The number of halogens is 2. The average Bonchev–Trinajstić information content (AvgIpc) is 3.34. The largest absolute Gasteiger partial charge is 0.396 e. The lowest BCUT2D eigenvalue weighted by Gasteiger charge is -2.22. The second-order valence-electron chi connectivity index (χ2n) is 8.14. The summed E-state index contributed by atoms with van der Waals surface area (Å²) in [6.45, 7) is 1.86. The van der Waals surface area contributed by atoms with Gasteiger partial charge in [0.05, 0.1) is 36.0 Å². The monoisotopic (exact) mass is 498 g/mol. The fourth-order valence-electron chi connectivity index (χ4n) is 3.70. The third-order valence-electron chi connectivity index (χ3n) is 5.82. The highest BCUT2D eigenvalue weighted by Gasteiger charge is 2.38. The van der Waals surface area contributed by atoms with E-state index in [4.69, 9.17) is 4.84 Å². The minimum absolute atomic E-state index is 0.0587. The van der Waals surface area contributed by atoms with Gasteiger partial charge in [0.15, 0.2) is 11.9 Å². The van der Waals surface area contributed by atoms with E-state index in [0.29, 0.717) is 18.7 Å². The number of aliphatic hydroxyl groups is 2. The lowest BCUT2D eigenvalue weighted by molar-refractivity contribution is -0.0697. The molecule has 1 aliphatic heterocycles. The third kappa shape index (κ3) is 6.07. The van der Waals surface area contributed by atoms with Gasteiger partial charge in [-0.1, -0.05) is 30.3 Å². The number of nitrogens with zero attached hydrogens (tertiary/aromatic N) is 3. The molecule has 1 unspecified atom stereocenters. The quantitative estimate of drug-likeness (QED) is 0.405. The molecule has 1 atom stereocenters. The summed E-state index contributed by atoms with van der Waals surface area (Å²) in [7, 11) is 1.81. The van der Waals surface area contributed by atoms with Crippen molar-refractivity contribution < 1.29 is 28.6 Å². The molecule has 0 spiro atoms. The van der Waals surface area contributed by atoms with Crippen LogP contribution in [0.2, 0.25) is 0 Å². The SMILES string of the molecule is CCc1ccc(C2=NOC(CO)(CCO)C2)cc1-c1cnc(NC)cn1.O=Cc1c(F)cccc1F. The molecule has 0 aliphatic carbocycles. The van der Waals surface area contributed by atoms with Crippen LogP contribution < -0.4 is 5.32 Å². The molecule has 3 N–H and O–H groups in total. The lowest BCUT2D eigenvalue weighted by Crippen LogP contribution is -2.34. The number of aryl methyl sites for hydroxylation is 1. The number of anilines is 1. The maximum absolute atomic E-state index is 12.4. The summed E-state index contributed by atoms with van der Waals surface area (Å²) in [5.41, 5.74) is 3.31. The smallest absolute Gasteiger partial charge is 0.168 e. The Hall–Kier alpha value is -3.76. The molecule has 1 aliphatic rings. The molecule has 36 heavy (non-hydrogen) atoms. The van der Waals surface area contributed by atoms with Crippen LogP contribution in [-0.2, 0) is 11.3 Å². The van der Waals surface area contributed by atoms with Gasteiger partial charge in [0.25, 0.3) is 0 Å². The molecule has 10 heteroatoms. The number of benzene rings is 2. The Kier molecular flexibility index (Phi) is 9.15. The minimum atomic E-state index is -0.831. The predicted octanol–water partition coefficient (Wildman–Crippen LogP) is 3.76. The topological polar surface area (TPSA) is 117 Å². The Morgan fingerprint density at radius 1 is 1.14 bits per heavy atom. The van der Waals surface area contributed by atoms with E-state index in [1.165, 1.54) is 11.6 Å². The molecule has 0 radical (unpaired) electrons. The lowest BCUT2D eigenvalue weighted by atomic mass is 9.90. The predicted molar refractivity (Wildman–Crippen MR) is 132 cm³/mol. The van der Waals surface area contributed by atoms with Crippen molar-refractivity contribution in [1.82, 2.24) is 9.97 Å². The summed E-state index contributed by atoms with van der Waals surface area (Å²) >= 11 is 0. The average molecular weight is 499 g/mol. The number of rotatable bonds is 8. The van der Waals surface area contributed by atoms with Crippen LogP contribution in [0.5, 0.6) is 0 Å². The second-order valence-corrected chi connectivity index (χ2v) is 8.14. The zero-order valence-corrected chi connectivity index (χ0v) is 20.0. The van der Waals surface area contributed by atoms with Gasteiger partial charge in [-0.2, -0.15) is 0 Å². The molecule has 2 aromatic carbocycles. The summed E-state index contributed by atoms with van der Waals surface area (Å²) in [4.78, 5) is 24.3. The number of aldehydes is 1. The number of aliphatic hydroxyl groups excluding tert-OH is 2. The third-order valence-corrected chi connectivity index (χ3v) is 5.82. The number of aromatic nitrogens is 2. The van der Waals surface area contributed by atoms with Gasteiger partial charge in [0, 0.05) is 37.6 Å². The Labute approximate surface area is 207 Å². The molecule has 4 rings (SSSR count). The normalized spacial score (nSPS) is 16.4. The molecular formula is C26H28F2N4O4. The summed E-state index contributed by atoms with van der Waals surface area (Å²) < 4.78 is 24.8. The van der Waals surface area contributed by atoms with Gasteiger partial charge < -0.3 is 20.4 Å². The van der Waals surface area contributed by atoms with Gasteiger partial charge in [-0.15, -0.1) is 0 Å². The fraction of sp³-hybridized carbons (Fsp3) is 0.308. The van der Waals surface area contributed by atoms with Crippen molar-refractivity contribution >= 4 is 17.8 Å². The van der Waals surface area contributed by atoms with Crippen molar-refractivity contribution in [2.24, 2.45) is 5.16 Å². The van der Waals surface area contributed by atoms with Gasteiger partial charge in [-0.3, -0.25) is 9.78 Å². The van der Waals surface area contributed by atoms with Crippen molar-refractivity contribution in [2.75, 3.05) is 25.6 Å². The van der Waals surface area contributed by atoms with Crippen molar-refractivity contribution in [3.05, 3.63) is 77.1 Å². The van der Waals surface area contributed by atoms with Crippen LogP contribution >= 0.6 is 0 Å². The van der Waals surface area contributed by atoms with Crippen LogP contribution in [0.4, 0.5) is 14.6 Å². The van der Waals surface area contributed by atoms with Crippen molar-refractivity contribution in [2.45, 2.75) is 31.8 Å². The molecule has 0 bridgehead atoms. The van der Waals surface area contributed by atoms with E-state index in [2.05, 4.69) is 33.4 Å². The van der Waals surface area contributed by atoms with Crippen LogP contribution in [0.25, 0.3) is 11.3 Å². The van der Waals surface area contributed by atoms with Gasteiger partial charge in [0.2, 0.25) is 0 Å². The van der Waals surface area contributed by atoms with Gasteiger partial charge in [-0.05, 0) is 30.2 Å². The summed E-state index contributed by atoms with van der Waals surface area (Å²) in [6, 6.07) is 9.38. The molecule has 2 heterocycles. The molecule has 3 aromatic rings. The Morgan fingerprint density at radius 2 is 1.89 bits per heavy atom. The Morgan fingerprint density at radius 3 is 2.42 bits per heavy atom. The fourth-order valence-corrected chi connectivity index (χ4v) is 3.70. The number of carbonyl (C=O) groups is 1. The molecule has 0 saturated carbocycles. The molecule has 190 valence electrons. The van der Waals surface area contributed by atoms with Crippen molar-refractivity contribution in [3.8, 4) is 11.3 Å². The van der Waals surface area contributed by atoms with E-state index in [-0.39, 0.29) is 19.5 Å². The Bertz CT molecular complexity index is 1200. The van der Waals surface area contributed by atoms with Crippen molar-refractivity contribution in [3.63, 3.8) is 0 Å². The number of hydrogen-bond acceptors (Lipinski definition) is 8.